The first kappa shape index (κ1) is 9.58. The average molecular weight is 212 g/mol. The summed E-state index contributed by atoms with van der Waals surface area (Å²) in [7, 11) is 0. The summed E-state index contributed by atoms with van der Waals surface area (Å²) in [5.74, 6) is 0.771. The average Bonchev–Trinajstić information content (AvgIpc) is 2.50. The predicted octanol–water partition coefficient (Wildman–Crippen LogP) is 1.18. The van der Waals surface area contributed by atoms with E-state index in [1.807, 2.05) is 13.8 Å². The Morgan fingerprint density at radius 1 is 1.57 bits per heavy atom. The molecule has 0 spiro atoms. The van der Waals surface area contributed by atoms with Gasteiger partial charge in [-0.3, -0.25) is 9.36 Å². The fourth-order valence-electron chi connectivity index (χ4n) is 1.58. The highest BCUT2D eigenvalue weighted by atomic mass is 32.2. The van der Waals surface area contributed by atoms with Crippen LogP contribution in [0.4, 0.5) is 0 Å². The maximum absolute atomic E-state index is 11.9. The van der Waals surface area contributed by atoms with Gasteiger partial charge in [0.1, 0.15) is 0 Å². The summed E-state index contributed by atoms with van der Waals surface area (Å²) in [6.07, 6.45) is 0. The van der Waals surface area contributed by atoms with Gasteiger partial charge in [0.15, 0.2) is 5.16 Å². The highest BCUT2D eigenvalue weighted by molar-refractivity contribution is 7.99. The Morgan fingerprint density at radius 2 is 2.29 bits per heavy atom. The van der Waals surface area contributed by atoms with E-state index in [0.717, 1.165) is 5.75 Å². The number of thioether (sulfide) groups is 1. The summed E-state index contributed by atoms with van der Waals surface area (Å²) < 4.78 is 1.64. The molecule has 0 bridgehead atoms. The van der Waals surface area contributed by atoms with E-state index in [2.05, 4.69) is 4.98 Å². The minimum absolute atomic E-state index is 0.0124. The van der Waals surface area contributed by atoms with Crippen LogP contribution < -0.4 is 5.56 Å². The van der Waals surface area contributed by atoms with Crippen molar-refractivity contribution in [3.05, 3.63) is 15.9 Å². The third-order valence-corrected chi connectivity index (χ3v) is 3.23. The second kappa shape index (κ2) is 3.31. The minimum atomic E-state index is -0.106. The fraction of sp³-hybridized carbons (Fsp3) is 0.556. The standard InChI is InChI=1S/C9H12N2O2S/c1-5(2)6-7(12)10-9-11(8(6)13)3-4-14-9/h5,12H,3-4H2,1-2H3. The van der Waals surface area contributed by atoms with E-state index in [4.69, 9.17) is 0 Å². The van der Waals surface area contributed by atoms with E-state index in [-0.39, 0.29) is 17.4 Å². The molecule has 5 heteroatoms. The van der Waals surface area contributed by atoms with Crippen LogP contribution in [0, 0.1) is 0 Å². The number of aromatic nitrogens is 2. The number of aromatic hydroxyl groups is 1. The number of hydrogen-bond donors (Lipinski definition) is 1. The topological polar surface area (TPSA) is 55.1 Å². The van der Waals surface area contributed by atoms with Crippen LogP contribution in [0.5, 0.6) is 5.88 Å². The quantitative estimate of drug-likeness (QED) is 0.710. The highest BCUT2D eigenvalue weighted by Crippen LogP contribution is 2.27. The molecular weight excluding hydrogens is 200 g/mol. The van der Waals surface area contributed by atoms with Crippen LogP contribution in [0.25, 0.3) is 0 Å². The van der Waals surface area contributed by atoms with Gasteiger partial charge < -0.3 is 5.11 Å². The second-order valence-electron chi connectivity index (χ2n) is 3.59. The van der Waals surface area contributed by atoms with Crippen molar-refractivity contribution in [3.63, 3.8) is 0 Å². The third kappa shape index (κ3) is 1.32. The van der Waals surface area contributed by atoms with E-state index >= 15 is 0 Å². The van der Waals surface area contributed by atoms with Gasteiger partial charge in [0.2, 0.25) is 5.88 Å². The molecule has 76 valence electrons. The molecule has 2 heterocycles. The predicted molar refractivity (Wildman–Crippen MR) is 55.0 cm³/mol. The molecule has 0 radical (unpaired) electrons. The first-order chi connectivity index (χ1) is 6.61. The summed E-state index contributed by atoms with van der Waals surface area (Å²) in [6, 6.07) is 0. The van der Waals surface area contributed by atoms with Crippen LogP contribution in [0.15, 0.2) is 9.95 Å². The lowest BCUT2D eigenvalue weighted by molar-refractivity contribution is 0.423. The van der Waals surface area contributed by atoms with E-state index in [9.17, 15) is 9.90 Å². The van der Waals surface area contributed by atoms with Gasteiger partial charge in [-0.05, 0) is 5.92 Å². The molecule has 0 saturated carbocycles. The van der Waals surface area contributed by atoms with Gasteiger partial charge in [-0.15, -0.1) is 0 Å². The fourth-order valence-corrected chi connectivity index (χ4v) is 2.52. The van der Waals surface area contributed by atoms with Crippen LogP contribution in [0.2, 0.25) is 0 Å². The lowest BCUT2D eigenvalue weighted by atomic mass is 10.1. The molecule has 1 aliphatic rings. The molecule has 0 fully saturated rings. The van der Waals surface area contributed by atoms with Crippen molar-refractivity contribution in [1.29, 1.82) is 0 Å². The molecule has 1 aliphatic heterocycles. The molecule has 0 aromatic carbocycles. The molecule has 1 N–H and O–H groups in total. The van der Waals surface area contributed by atoms with Gasteiger partial charge in [-0.2, -0.15) is 4.98 Å². The first-order valence-electron chi connectivity index (χ1n) is 4.57. The zero-order valence-electron chi connectivity index (χ0n) is 8.15. The maximum Gasteiger partial charge on any atom is 0.261 e. The SMILES string of the molecule is CC(C)c1c(O)nc2n(c1=O)CCS2. The van der Waals surface area contributed by atoms with Crippen molar-refractivity contribution in [2.24, 2.45) is 0 Å². The molecule has 0 aliphatic carbocycles. The number of fused-ring (bicyclic) bond motifs is 1. The van der Waals surface area contributed by atoms with E-state index in [1.165, 1.54) is 11.8 Å². The molecule has 1 aromatic rings. The van der Waals surface area contributed by atoms with Gasteiger partial charge in [0.05, 0.1) is 5.56 Å². The van der Waals surface area contributed by atoms with Crippen molar-refractivity contribution >= 4 is 11.8 Å². The maximum atomic E-state index is 11.9. The van der Waals surface area contributed by atoms with Crippen LogP contribution >= 0.6 is 11.8 Å². The lowest BCUT2D eigenvalue weighted by Gasteiger charge is -2.09. The zero-order valence-corrected chi connectivity index (χ0v) is 8.97. The molecular formula is C9H12N2O2S. The normalized spacial score (nSPS) is 14.8. The third-order valence-electron chi connectivity index (χ3n) is 2.27. The van der Waals surface area contributed by atoms with Gasteiger partial charge in [0.25, 0.3) is 5.56 Å². The lowest BCUT2D eigenvalue weighted by Crippen LogP contribution is -2.24. The number of rotatable bonds is 1. The molecule has 0 saturated heterocycles. The molecule has 0 amide bonds. The number of nitrogens with zero attached hydrogens (tertiary/aromatic N) is 2. The Kier molecular flexibility index (Phi) is 2.26. The van der Waals surface area contributed by atoms with Crippen LogP contribution in [0.3, 0.4) is 0 Å². The summed E-state index contributed by atoms with van der Waals surface area (Å²) in [5, 5.41) is 10.2. The largest absolute Gasteiger partial charge is 0.493 e. The highest BCUT2D eigenvalue weighted by Gasteiger charge is 2.21. The minimum Gasteiger partial charge on any atom is -0.493 e. The van der Waals surface area contributed by atoms with Gasteiger partial charge in [-0.25, -0.2) is 0 Å². The van der Waals surface area contributed by atoms with Crippen molar-refractivity contribution < 1.29 is 5.11 Å². The Hall–Kier alpha value is -0.970. The van der Waals surface area contributed by atoms with E-state index < -0.39 is 0 Å². The zero-order chi connectivity index (χ0) is 10.3. The summed E-state index contributed by atoms with van der Waals surface area (Å²) >= 11 is 1.51. The molecule has 2 rings (SSSR count). The summed E-state index contributed by atoms with van der Waals surface area (Å²) in [5.41, 5.74) is 0.337. The molecule has 0 atom stereocenters. The molecule has 0 unspecified atom stereocenters. The van der Waals surface area contributed by atoms with Crippen molar-refractivity contribution in [1.82, 2.24) is 9.55 Å². The van der Waals surface area contributed by atoms with Crippen LogP contribution in [-0.4, -0.2) is 20.4 Å². The summed E-state index contributed by atoms with van der Waals surface area (Å²) in [4.78, 5) is 15.9. The van der Waals surface area contributed by atoms with Gasteiger partial charge in [-0.1, -0.05) is 25.6 Å². The van der Waals surface area contributed by atoms with Crippen molar-refractivity contribution in [3.8, 4) is 5.88 Å². The smallest absolute Gasteiger partial charge is 0.261 e. The van der Waals surface area contributed by atoms with Gasteiger partial charge >= 0.3 is 0 Å². The Bertz CT molecular complexity index is 426. The summed E-state index contributed by atoms with van der Waals surface area (Å²) in [6.45, 7) is 4.46. The van der Waals surface area contributed by atoms with Crippen molar-refractivity contribution in [2.75, 3.05) is 5.75 Å². The number of hydrogen-bond acceptors (Lipinski definition) is 4. The van der Waals surface area contributed by atoms with Gasteiger partial charge in [0, 0.05) is 12.3 Å². The molecule has 4 nitrogen and oxygen atoms in total. The monoisotopic (exact) mass is 212 g/mol. The van der Waals surface area contributed by atoms with Crippen LogP contribution in [-0.2, 0) is 6.54 Å². The first-order valence-corrected chi connectivity index (χ1v) is 5.56. The Balaban J connectivity index is 2.69. The molecule has 14 heavy (non-hydrogen) atoms. The Morgan fingerprint density at radius 3 is 2.93 bits per heavy atom. The van der Waals surface area contributed by atoms with E-state index in [1.54, 1.807) is 4.57 Å². The molecule has 1 aromatic heterocycles. The van der Waals surface area contributed by atoms with E-state index in [0.29, 0.717) is 17.3 Å². The second-order valence-corrected chi connectivity index (χ2v) is 4.65. The Labute approximate surface area is 86.0 Å². The van der Waals surface area contributed by atoms with Crippen LogP contribution in [0.1, 0.15) is 25.3 Å². The van der Waals surface area contributed by atoms with Crippen molar-refractivity contribution in [2.45, 2.75) is 31.5 Å².